The summed E-state index contributed by atoms with van der Waals surface area (Å²) in [5.41, 5.74) is 30.1. The molecule has 0 saturated heterocycles. The SMILES string of the molecule is CC1(C)c2cc(/C=C/c3ccc4c(c3)C(C)(C)c3cc(-c5ccc6c(c5)c5ccccc5n6-c5ccccn5)ccc3-4)ccc2-c2ccc(/C=C/c3ccc4c(c3)C(C)(C)c3cc(-c5ccc6c(c5)c5ccccc5n6-c5ccccn5)ccc3-4)cc21. The number of hydrogen-bond acceptors (Lipinski definition) is 2. The van der Waals surface area contributed by atoms with Crippen molar-refractivity contribution < 1.29 is 0 Å². The van der Waals surface area contributed by atoms with E-state index in [-0.39, 0.29) is 16.2 Å². The second kappa shape index (κ2) is 18.8. The molecule has 0 spiro atoms. The van der Waals surface area contributed by atoms with E-state index >= 15 is 0 Å². The van der Waals surface area contributed by atoms with E-state index in [2.05, 4.69) is 293 Å². The molecule has 4 heterocycles. The van der Waals surface area contributed by atoms with Gasteiger partial charge in [-0.05, 0) is 184 Å². The molecule has 0 fully saturated rings. The molecular weight excluding hydrogens is 1050 g/mol. The molecule has 0 N–H and O–H groups in total. The first kappa shape index (κ1) is 51.0. The van der Waals surface area contributed by atoms with Gasteiger partial charge in [0.25, 0.3) is 0 Å². The van der Waals surface area contributed by atoms with E-state index in [4.69, 9.17) is 9.97 Å². The summed E-state index contributed by atoms with van der Waals surface area (Å²) < 4.78 is 4.55. The minimum atomic E-state index is -0.164. The summed E-state index contributed by atoms with van der Waals surface area (Å²) >= 11 is 0. The van der Waals surface area contributed by atoms with Crippen LogP contribution in [0, 0.1) is 0 Å². The summed E-state index contributed by atoms with van der Waals surface area (Å²) in [4.78, 5) is 9.47. The molecule has 3 aliphatic carbocycles. The highest BCUT2D eigenvalue weighted by atomic mass is 15.1. The first-order valence-electron chi connectivity index (χ1n) is 30.5. The molecule has 4 aromatic heterocycles. The fourth-order valence-corrected chi connectivity index (χ4v) is 15.2. The lowest BCUT2D eigenvalue weighted by molar-refractivity contribution is 0.660. The third-order valence-corrected chi connectivity index (χ3v) is 19.8. The fourth-order valence-electron chi connectivity index (χ4n) is 15.2. The zero-order valence-electron chi connectivity index (χ0n) is 49.7. The average molecular weight is 1120 g/mol. The number of fused-ring (bicyclic) bond motifs is 15. The number of benzene rings is 10. The molecule has 0 unspecified atom stereocenters. The summed E-state index contributed by atoms with van der Waals surface area (Å²) in [5.74, 6) is 1.86. The molecule has 0 radical (unpaired) electrons. The number of nitrogens with zero attached hydrogens (tertiary/aromatic N) is 4. The van der Waals surface area contributed by atoms with Crippen LogP contribution < -0.4 is 0 Å². The van der Waals surface area contributed by atoms with Crippen LogP contribution >= 0.6 is 0 Å². The van der Waals surface area contributed by atoms with Crippen LogP contribution in [0.2, 0.25) is 0 Å². The molecule has 0 aliphatic heterocycles. The number of para-hydroxylation sites is 2. The molecule has 17 rings (SSSR count). The Kier molecular flexibility index (Phi) is 11.0. The first-order valence-corrected chi connectivity index (χ1v) is 30.5. The largest absolute Gasteiger partial charge is 0.294 e. The van der Waals surface area contributed by atoms with Gasteiger partial charge in [0.1, 0.15) is 11.6 Å². The summed E-state index contributed by atoms with van der Waals surface area (Å²) in [7, 11) is 0. The van der Waals surface area contributed by atoms with Crippen LogP contribution in [0.15, 0.2) is 243 Å². The zero-order valence-corrected chi connectivity index (χ0v) is 49.7. The molecule has 3 aliphatic rings. The van der Waals surface area contributed by atoms with Crippen molar-refractivity contribution in [2.24, 2.45) is 0 Å². The van der Waals surface area contributed by atoms with Crippen molar-refractivity contribution in [3.63, 3.8) is 0 Å². The van der Waals surface area contributed by atoms with E-state index in [1.54, 1.807) is 0 Å². The topological polar surface area (TPSA) is 35.6 Å². The molecule has 0 bridgehead atoms. The first-order chi connectivity index (χ1) is 42.4. The van der Waals surface area contributed by atoms with Gasteiger partial charge in [-0.1, -0.05) is 224 Å². The minimum Gasteiger partial charge on any atom is -0.294 e. The average Bonchev–Trinajstić information content (AvgIpc) is 1.68. The van der Waals surface area contributed by atoms with Gasteiger partial charge < -0.3 is 0 Å². The van der Waals surface area contributed by atoms with Crippen LogP contribution in [0.3, 0.4) is 0 Å². The zero-order chi connectivity index (χ0) is 58.5. The molecule has 0 atom stereocenters. The maximum Gasteiger partial charge on any atom is 0.137 e. The molecule has 0 saturated carbocycles. The summed E-state index contributed by atoms with van der Waals surface area (Å²) in [6, 6.07) is 85.7. The smallest absolute Gasteiger partial charge is 0.137 e. The Balaban J connectivity index is 0.603. The molecule has 87 heavy (non-hydrogen) atoms. The molecule has 0 amide bonds. The molecule has 4 nitrogen and oxygen atoms in total. The van der Waals surface area contributed by atoms with Crippen LogP contribution in [-0.2, 0) is 16.2 Å². The van der Waals surface area contributed by atoms with Crippen molar-refractivity contribution in [2.75, 3.05) is 0 Å². The number of pyridine rings is 2. The van der Waals surface area contributed by atoms with Crippen molar-refractivity contribution in [2.45, 2.75) is 57.8 Å². The van der Waals surface area contributed by atoms with Gasteiger partial charge in [0.05, 0.1) is 22.1 Å². The Morgan fingerprint density at radius 3 is 0.897 bits per heavy atom. The van der Waals surface area contributed by atoms with Crippen molar-refractivity contribution in [3.05, 3.63) is 299 Å². The van der Waals surface area contributed by atoms with Gasteiger partial charge in [-0.15, -0.1) is 0 Å². The predicted molar refractivity (Wildman–Crippen MR) is 365 cm³/mol. The van der Waals surface area contributed by atoms with Gasteiger partial charge in [-0.25, -0.2) is 9.97 Å². The van der Waals surface area contributed by atoms with Crippen LogP contribution in [0.1, 0.15) is 97.2 Å². The highest BCUT2D eigenvalue weighted by molar-refractivity contribution is 6.12. The van der Waals surface area contributed by atoms with E-state index in [1.807, 2.05) is 24.5 Å². The van der Waals surface area contributed by atoms with Crippen LogP contribution in [0.4, 0.5) is 0 Å². The number of hydrogen-bond donors (Lipinski definition) is 0. The van der Waals surface area contributed by atoms with Crippen LogP contribution in [0.5, 0.6) is 0 Å². The normalized spacial score (nSPS) is 14.7. The second-order valence-electron chi connectivity index (χ2n) is 25.8. The van der Waals surface area contributed by atoms with Gasteiger partial charge in [0, 0.05) is 50.2 Å². The number of aromatic nitrogens is 4. The van der Waals surface area contributed by atoms with E-state index in [9.17, 15) is 0 Å². The van der Waals surface area contributed by atoms with Crippen molar-refractivity contribution in [1.82, 2.24) is 19.1 Å². The Labute approximate surface area is 507 Å². The summed E-state index contributed by atoms with van der Waals surface area (Å²) in [6.07, 6.45) is 12.9. The third-order valence-electron chi connectivity index (χ3n) is 19.8. The fraction of sp³-hybridized carbons (Fsp3) is 0.108. The lowest BCUT2D eigenvalue weighted by Crippen LogP contribution is -2.15. The molecule has 10 aromatic carbocycles. The molecule has 14 aromatic rings. The van der Waals surface area contributed by atoms with Gasteiger partial charge in [-0.2, -0.15) is 0 Å². The van der Waals surface area contributed by atoms with Crippen LogP contribution in [0.25, 0.3) is 135 Å². The maximum absolute atomic E-state index is 4.73. The van der Waals surface area contributed by atoms with Crippen molar-refractivity contribution >= 4 is 67.9 Å². The van der Waals surface area contributed by atoms with Gasteiger partial charge in [-0.3, -0.25) is 9.13 Å². The van der Waals surface area contributed by atoms with Crippen LogP contribution in [-0.4, -0.2) is 19.1 Å². The molecule has 4 heteroatoms. The monoisotopic (exact) mass is 1110 g/mol. The summed E-state index contributed by atoms with van der Waals surface area (Å²) in [6.45, 7) is 14.3. The van der Waals surface area contributed by atoms with E-state index in [1.165, 1.54) is 133 Å². The van der Waals surface area contributed by atoms with Gasteiger partial charge in [0.2, 0.25) is 0 Å². The molecule has 414 valence electrons. The Bertz CT molecular complexity index is 4960. The standard InChI is InChI=1S/C83H62N4/c1-81(2)69-43-51(21-23-53-27-35-61-63-37-29-57(49-73(63)82(3,4)71(61)45-53)55-31-39-77-67(47-55)65-15-7-9-17-75(65)86(77)79-19-11-13-41-84-79)25-33-59(69)60-34-26-52(44-70(60)81)22-24-54-28-36-62-64-38-30-58(50-74(64)83(5,6)72(62)46-54)56-32-40-78-68(48-56)66-16-8-10-18-76(66)87(78)80-20-12-14-42-85-80/h7-50H,1-6H3/b23-21+,24-22+. The van der Waals surface area contributed by atoms with E-state index in [0.717, 1.165) is 33.7 Å². The maximum atomic E-state index is 4.73. The minimum absolute atomic E-state index is 0.155. The Morgan fingerprint density at radius 2 is 0.552 bits per heavy atom. The second-order valence-corrected chi connectivity index (χ2v) is 25.8. The quantitative estimate of drug-likeness (QED) is 0.142. The van der Waals surface area contributed by atoms with Crippen molar-refractivity contribution in [3.8, 4) is 67.3 Å². The summed E-state index contributed by atoms with van der Waals surface area (Å²) in [5, 5.41) is 4.92. The van der Waals surface area contributed by atoms with E-state index < -0.39 is 0 Å². The Morgan fingerprint density at radius 1 is 0.264 bits per heavy atom. The third kappa shape index (κ3) is 7.76. The van der Waals surface area contributed by atoms with Crippen molar-refractivity contribution in [1.29, 1.82) is 0 Å². The predicted octanol–water partition coefficient (Wildman–Crippen LogP) is 21.3. The molecular formula is C83H62N4. The lowest BCUT2D eigenvalue weighted by atomic mass is 9.81. The number of rotatable bonds is 8. The van der Waals surface area contributed by atoms with Gasteiger partial charge >= 0.3 is 0 Å². The highest BCUT2D eigenvalue weighted by Gasteiger charge is 2.38. The lowest BCUT2D eigenvalue weighted by Gasteiger charge is -2.22. The van der Waals surface area contributed by atoms with Gasteiger partial charge in [0.15, 0.2) is 0 Å². The van der Waals surface area contributed by atoms with E-state index in [0.29, 0.717) is 0 Å². The Hall–Kier alpha value is -10.4. The highest BCUT2D eigenvalue weighted by Crippen LogP contribution is 2.53.